The third-order valence-corrected chi connectivity index (χ3v) is 6.71. The number of hydrogen-bond acceptors (Lipinski definition) is 6. The highest BCUT2D eigenvalue weighted by molar-refractivity contribution is 9.10. The normalized spacial score (nSPS) is 17.9. The maximum absolute atomic E-state index is 12.9. The SMILES string of the molecule is O=C(c1n[nH]c(C2CC2)c1Br)N1CCN(c2ncnc3ccsc23)CC1. The number of piperazine rings is 1. The van der Waals surface area contributed by atoms with E-state index in [-0.39, 0.29) is 5.91 Å². The Morgan fingerprint density at radius 1 is 1.23 bits per heavy atom. The third-order valence-electron chi connectivity index (χ3n) is 5.01. The summed E-state index contributed by atoms with van der Waals surface area (Å²) in [5.74, 6) is 1.49. The molecule has 2 aliphatic rings. The van der Waals surface area contributed by atoms with E-state index in [0.29, 0.717) is 24.7 Å². The van der Waals surface area contributed by atoms with Gasteiger partial charge in [0.25, 0.3) is 5.91 Å². The van der Waals surface area contributed by atoms with Gasteiger partial charge in [-0.15, -0.1) is 11.3 Å². The number of anilines is 1. The number of carbonyl (C=O) groups is 1. The largest absolute Gasteiger partial charge is 0.352 e. The molecule has 0 aromatic carbocycles. The van der Waals surface area contributed by atoms with Crippen LogP contribution in [0.25, 0.3) is 10.2 Å². The minimum atomic E-state index is -0.0105. The van der Waals surface area contributed by atoms with Crippen molar-refractivity contribution in [2.75, 3.05) is 31.1 Å². The van der Waals surface area contributed by atoms with Gasteiger partial charge in [0.1, 0.15) is 12.1 Å². The van der Waals surface area contributed by atoms with Crippen molar-refractivity contribution in [3.63, 3.8) is 0 Å². The summed E-state index contributed by atoms with van der Waals surface area (Å²) in [6.07, 6.45) is 3.95. The molecule has 1 N–H and O–H groups in total. The summed E-state index contributed by atoms with van der Waals surface area (Å²) in [6, 6.07) is 2.01. The van der Waals surface area contributed by atoms with Crippen molar-refractivity contribution >= 4 is 49.2 Å². The minimum absolute atomic E-state index is 0.0105. The Bertz CT molecular complexity index is 973. The highest BCUT2D eigenvalue weighted by Gasteiger charge is 2.32. The number of halogens is 1. The Morgan fingerprint density at radius 3 is 2.81 bits per heavy atom. The quantitative estimate of drug-likeness (QED) is 0.687. The summed E-state index contributed by atoms with van der Waals surface area (Å²) >= 11 is 5.22. The molecule has 0 unspecified atom stereocenters. The van der Waals surface area contributed by atoms with E-state index in [0.717, 1.165) is 39.3 Å². The second-order valence-corrected chi connectivity index (χ2v) is 8.39. The standard InChI is InChI=1S/C17H17BrN6OS/c18-12-13(10-1-2-10)21-22-14(12)17(25)24-6-4-23(5-7-24)16-15-11(3-8-26-15)19-9-20-16/h3,8-10H,1-2,4-7H2,(H,21,22). The van der Waals surface area contributed by atoms with Crippen LogP contribution in [0.15, 0.2) is 22.2 Å². The highest BCUT2D eigenvalue weighted by atomic mass is 79.9. The lowest BCUT2D eigenvalue weighted by Crippen LogP contribution is -2.49. The average molecular weight is 433 g/mol. The molecule has 1 aliphatic heterocycles. The molecule has 2 fully saturated rings. The minimum Gasteiger partial charge on any atom is -0.352 e. The number of H-pyrrole nitrogens is 1. The van der Waals surface area contributed by atoms with E-state index in [1.165, 1.54) is 12.8 Å². The van der Waals surface area contributed by atoms with Gasteiger partial charge in [0.05, 0.1) is 20.4 Å². The van der Waals surface area contributed by atoms with Gasteiger partial charge in [0, 0.05) is 32.1 Å². The first-order valence-electron chi connectivity index (χ1n) is 8.68. The lowest BCUT2D eigenvalue weighted by Gasteiger charge is -2.35. The first kappa shape index (κ1) is 16.2. The van der Waals surface area contributed by atoms with E-state index < -0.39 is 0 Å². The predicted octanol–water partition coefficient (Wildman–Crippen LogP) is 3.02. The van der Waals surface area contributed by atoms with E-state index >= 15 is 0 Å². The fraction of sp³-hybridized carbons (Fsp3) is 0.412. The number of amides is 1. The molecule has 134 valence electrons. The number of fused-ring (bicyclic) bond motifs is 1. The van der Waals surface area contributed by atoms with Crippen LogP contribution in [0.4, 0.5) is 5.82 Å². The van der Waals surface area contributed by atoms with Crippen LogP contribution in [-0.4, -0.2) is 57.2 Å². The van der Waals surface area contributed by atoms with Gasteiger partial charge in [-0.2, -0.15) is 5.10 Å². The molecule has 0 spiro atoms. The van der Waals surface area contributed by atoms with Crippen LogP contribution in [0, 0.1) is 0 Å². The van der Waals surface area contributed by atoms with Gasteiger partial charge in [-0.1, -0.05) is 0 Å². The van der Waals surface area contributed by atoms with E-state index in [2.05, 4.69) is 41.0 Å². The van der Waals surface area contributed by atoms with Crippen LogP contribution in [0.3, 0.4) is 0 Å². The number of rotatable bonds is 3. The molecule has 3 aromatic heterocycles. The molecule has 9 heteroatoms. The molecule has 0 bridgehead atoms. The number of carbonyl (C=O) groups excluding carboxylic acids is 1. The Hall–Kier alpha value is -2.00. The monoisotopic (exact) mass is 432 g/mol. The molecule has 1 saturated carbocycles. The molecule has 4 heterocycles. The molecule has 1 aliphatic carbocycles. The molecule has 26 heavy (non-hydrogen) atoms. The van der Waals surface area contributed by atoms with Gasteiger partial charge in [-0.05, 0) is 40.2 Å². The Kier molecular flexibility index (Phi) is 3.93. The number of aromatic amines is 1. The van der Waals surface area contributed by atoms with Crippen molar-refractivity contribution in [1.29, 1.82) is 0 Å². The molecular formula is C17H17BrN6OS. The topological polar surface area (TPSA) is 78.0 Å². The van der Waals surface area contributed by atoms with Crippen molar-refractivity contribution in [3.8, 4) is 0 Å². The average Bonchev–Trinajstić information content (AvgIpc) is 3.26. The van der Waals surface area contributed by atoms with Gasteiger partial charge >= 0.3 is 0 Å². The Balaban J connectivity index is 1.31. The molecule has 0 radical (unpaired) electrons. The number of thiophene rings is 1. The maximum atomic E-state index is 12.9. The molecular weight excluding hydrogens is 416 g/mol. The molecule has 1 amide bonds. The first-order valence-corrected chi connectivity index (χ1v) is 10.4. The van der Waals surface area contributed by atoms with Crippen LogP contribution < -0.4 is 4.90 Å². The molecule has 3 aromatic rings. The summed E-state index contributed by atoms with van der Waals surface area (Å²) in [5, 5.41) is 9.34. The smallest absolute Gasteiger partial charge is 0.275 e. The van der Waals surface area contributed by atoms with Crippen LogP contribution in [0.2, 0.25) is 0 Å². The maximum Gasteiger partial charge on any atom is 0.275 e. The summed E-state index contributed by atoms with van der Waals surface area (Å²) in [7, 11) is 0. The van der Waals surface area contributed by atoms with E-state index in [4.69, 9.17) is 0 Å². The number of hydrogen-bond donors (Lipinski definition) is 1. The second kappa shape index (κ2) is 6.31. The summed E-state index contributed by atoms with van der Waals surface area (Å²) < 4.78 is 1.94. The molecule has 0 atom stereocenters. The number of nitrogens with one attached hydrogen (secondary N) is 1. The van der Waals surface area contributed by atoms with Crippen LogP contribution >= 0.6 is 27.3 Å². The Labute approximate surface area is 162 Å². The fourth-order valence-corrected chi connectivity index (χ4v) is 4.93. The van der Waals surface area contributed by atoms with Crippen molar-refractivity contribution in [2.24, 2.45) is 0 Å². The zero-order chi connectivity index (χ0) is 17.7. The van der Waals surface area contributed by atoms with Crippen LogP contribution in [-0.2, 0) is 0 Å². The van der Waals surface area contributed by atoms with Gasteiger partial charge in [-0.25, -0.2) is 9.97 Å². The van der Waals surface area contributed by atoms with E-state index in [1.807, 2.05) is 16.3 Å². The Morgan fingerprint density at radius 2 is 2.04 bits per heavy atom. The zero-order valence-corrected chi connectivity index (χ0v) is 16.4. The zero-order valence-electron chi connectivity index (χ0n) is 14.0. The van der Waals surface area contributed by atoms with Crippen molar-refractivity contribution in [2.45, 2.75) is 18.8 Å². The van der Waals surface area contributed by atoms with Crippen molar-refractivity contribution in [3.05, 3.63) is 33.6 Å². The summed E-state index contributed by atoms with van der Waals surface area (Å²) in [5.41, 5.74) is 2.54. The molecule has 5 rings (SSSR count). The third kappa shape index (κ3) is 2.69. The predicted molar refractivity (Wildman–Crippen MR) is 104 cm³/mol. The lowest BCUT2D eigenvalue weighted by molar-refractivity contribution is 0.0739. The second-order valence-electron chi connectivity index (χ2n) is 6.69. The fourth-order valence-electron chi connectivity index (χ4n) is 3.40. The van der Waals surface area contributed by atoms with Crippen LogP contribution in [0.1, 0.15) is 34.9 Å². The molecule has 7 nitrogen and oxygen atoms in total. The van der Waals surface area contributed by atoms with Gasteiger partial charge in [0.15, 0.2) is 5.69 Å². The van der Waals surface area contributed by atoms with Crippen molar-refractivity contribution in [1.82, 2.24) is 25.1 Å². The summed E-state index contributed by atoms with van der Waals surface area (Å²) in [4.78, 5) is 25.7. The van der Waals surface area contributed by atoms with Gasteiger partial charge in [-0.3, -0.25) is 9.89 Å². The van der Waals surface area contributed by atoms with Gasteiger partial charge in [0.2, 0.25) is 0 Å². The van der Waals surface area contributed by atoms with Gasteiger partial charge < -0.3 is 9.80 Å². The molecule has 1 saturated heterocycles. The first-order chi connectivity index (χ1) is 12.7. The lowest BCUT2D eigenvalue weighted by atomic mass is 10.2. The van der Waals surface area contributed by atoms with E-state index in [1.54, 1.807) is 17.7 Å². The van der Waals surface area contributed by atoms with E-state index in [9.17, 15) is 4.79 Å². The van der Waals surface area contributed by atoms with Crippen LogP contribution in [0.5, 0.6) is 0 Å². The number of nitrogens with zero attached hydrogens (tertiary/aromatic N) is 5. The van der Waals surface area contributed by atoms with Crippen molar-refractivity contribution < 1.29 is 4.79 Å². The summed E-state index contributed by atoms with van der Waals surface area (Å²) in [6.45, 7) is 2.84. The number of aromatic nitrogens is 4. The highest BCUT2D eigenvalue weighted by Crippen LogP contribution is 2.43.